The van der Waals surface area contributed by atoms with Crippen molar-refractivity contribution >= 4 is 6.03 Å². The van der Waals surface area contributed by atoms with Crippen molar-refractivity contribution in [1.82, 2.24) is 25.3 Å². The zero-order chi connectivity index (χ0) is 23.0. The average Bonchev–Trinajstić information content (AvgIpc) is 2.83. The minimum absolute atomic E-state index is 0.00393. The van der Waals surface area contributed by atoms with Crippen LogP contribution in [0.5, 0.6) is 0 Å². The summed E-state index contributed by atoms with van der Waals surface area (Å²) in [5, 5.41) is 6.53. The van der Waals surface area contributed by atoms with Crippen LogP contribution < -0.4 is 10.6 Å². The van der Waals surface area contributed by atoms with Crippen LogP contribution >= 0.6 is 0 Å². The van der Waals surface area contributed by atoms with Gasteiger partial charge in [0, 0.05) is 58.4 Å². The van der Waals surface area contributed by atoms with Gasteiger partial charge in [0.1, 0.15) is 0 Å². The van der Waals surface area contributed by atoms with E-state index in [1.165, 1.54) is 16.7 Å². The van der Waals surface area contributed by atoms with Crippen LogP contribution in [-0.2, 0) is 6.54 Å². The number of benzene rings is 2. The van der Waals surface area contributed by atoms with Crippen molar-refractivity contribution in [3.05, 3.63) is 71.3 Å². The van der Waals surface area contributed by atoms with Crippen LogP contribution in [0, 0.1) is 6.92 Å². The summed E-state index contributed by atoms with van der Waals surface area (Å²) in [6, 6.07) is 19.2. The molecule has 2 aromatic carbocycles. The molecule has 1 unspecified atom stereocenters. The van der Waals surface area contributed by atoms with Gasteiger partial charge in [-0.1, -0.05) is 54.6 Å². The Balaban J connectivity index is 1.27. The summed E-state index contributed by atoms with van der Waals surface area (Å²) in [5.74, 6) is 0. The molecule has 2 aliphatic heterocycles. The van der Waals surface area contributed by atoms with E-state index < -0.39 is 0 Å². The van der Waals surface area contributed by atoms with Crippen molar-refractivity contribution in [2.45, 2.75) is 38.4 Å². The second kappa shape index (κ2) is 11.6. The van der Waals surface area contributed by atoms with Gasteiger partial charge in [-0.3, -0.25) is 9.80 Å². The third-order valence-electron chi connectivity index (χ3n) is 7.12. The van der Waals surface area contributed by atoms with Crippen LogP contribution in [0.3, 0.4) is 0 Å². The molecular weight excluding hydrogens is 410 g/mol. The molecule has 2 heterocycles. The van der Waals surface area contributed by atoms with E-state index in [0.717, 1.165) is 65.2 Å². The minimum Gasteiger partial charge on any atom is -0.335 e. The highest BCUT2D eigenvalue weighted by Gasteiger charge is 2.24. The first-order chi connectivity index (χ1) is 16.1. The fraction of sp³-hybridized carbons (Fsp3) is 0.519. The van der Waals surface area contributed by atoms with Crippen LogP contribution in [0.4, 0.5) is 4.79 Å². The average molecular weight is 450 g/mol. The molecule has 2 aliphatic rings. The summed E-state index contributed by atoms with van der Waals surface area (Å²) in [5.41, 5.74) is 3.92. The summed E-state index contributed by atoms with van der Waals surface area (Å²) < 4.78 is 0. The Kier molecular flexibility index (Phi) is 8.37. The molecule has 4 rings (SSSR count). The van der Waals surface area contributed by atoms with Gasteiger partial charge < -0.3 is 15.5 Å². The molecular formula is C27H39N5O. The Morgan fingerprint density at radius 2 is 1.58 bits per heavy atom. The first kappa shape index (κ1) is 23.7. The van der Waals surface area contributed by atoms with Gasteiger partial charge in [0.2, 0.25) is 0 Å². The molecule has 0 radical (unpaired) electrons. The van der Waals surface area contributed by atoms with Crippen molar-refractivity contribution in [2.24, 2.45) is 0 Å². The molecule has 6 nitrogen and oxygen atoms in total. The maximum atomic E-state index is 12.9. The van der Waals surface area contributed by atoms with Crippen LogP contribution in [0.15, 0.2) is 54.6 Å². The monoisotopic (exact) mass is 449 g/mol. The summed E-state index contributed by atoms with van der Waals surface area (Å²) >= 11 is 0. The number of nitrogens with zero attached hydrogens (tertiary/aromatic N) is 3. The van der Waals surface area contributed by atoms with E-state index in [2.05, 4.69) is 87.8 Å². The fourth-order valence-corrected chi connectivity index (χ4v) is 4.86. The summed E-state index contributed by atoms with van der Waals surface area (Å²) in [6.07, 6.45) is 1.99. The highest BCUT2D eigenvalue weighted by Crippen LogP contribution is 2.18. The van der Waals surface area contributed by atoms with Crippen LogP contribution in [0.1, 0.15) is 35.6 Å². The van der Waals surface area contributed by atoms with E-state index in [4.69, 9.17) is 0 Å². The van der Waals surface area contributed by atoms with Gasteiger partial charge in [0.25, 0.3) is 0 Å². The fourth-order valence-electron chi connectivity index (χ4n) is 4.86. The number of aryl methyl sites for hydroxylation is 1. The van der Waals surface area contributed by atoms with Crippen LogP contribution in [-0.4, -0.2) is 79.6 Å². The molecule has 33 heavy (non-hydrogen) atoms. The Hall–Kier alpha value is -2.41. The first-order valence-electron chi connectivity index (χ1n) is 12.4. The summed E-state index contributed by atoms with van der Waals surface area (Å²) in [7, 11) is 2.17. The lowest BCUT2D eigenvalue weighted by atomic mass is 10.0. The molecule has 0 bridgehead atoms. The number of urea groups is 1. The molecule has 178 valence electrons. The normalized spacial score (nSPS) is 19.8. The molecule has 2 fully saturated rings. The van der Waals surface area contributed by atoms with Gasteiger partial charge >= 0.3 is 6.03 Å². The molecule has 2 N–H and O–H groups in total. The zero-order valence-corrected chi connectivity index (χ0v) is 20.2. The number of piperidine rings is 1. The van der Waals surface area contributed by atoms with Crippen molar-refractivity contribution in [3.63, 3.8) is 0 Å². The zero-order valence-electron chi connectivity index (χ0n) is 20.2. The highest BCUT2D eigenvalue weighted by atomic mass is 16.2. The number of hydrogen-bond donors (Lipinski definition) is 2. The van der Waals surface area contributed by atoms with Gasteiger partial charge in [-0.15, -0.1) is 0 Å². The van der Waals surface area contributed by atoms with Crippen molar-refractivity contribution in [1.29, 1.82) is 0 Å². The number of rotatable bonds is 7. The van der Waals surface area contributed by atoms with Gasteiger partial charge in [-0.25, -0.2) is 4.79 Å². The molecule has 6 heteroatoms. The summed E-state index contributed by atoms with van der Waals surface area (Å²) in [6.45, 7) is 10.3. The Bertz CT molecular complexity index is 873. The van der Waals surface area contributed by atoms with Gasteiger partial charge in [0.05, 0.1) is 6.04 Å². The van der Waals surface area contributed by atoms with Crippen molar-refractivity contribution in [3.8, 4) is 0 Å². The molecule has 2 amide bonds. The van der Waals surface area contributed by atoms with Gasteiger partial charge in [-0.2, -0.15) is 0 Å². The number of carbonyl (C=O) groups is 1. The number of hydrogen-bond acceptors (Lipinski definition) is 4. The predicted octanol–water partition coefficient (Wildman–Crippen LogP) is 3.25. The first-order valence-corrected chi connectivity index (χ1v) is 12.4. The molecule has 0 saturated carbocycles. The maximum Gasteiger partial charge on any atom is 0.315 e. The molecule has 0 spiro atoms. The van der Waals surface area contributed by atoms with E-state index in [9.17, 15) is 4.79 Å². The number of piperazine rings is 1. The van der Waals surface area contributed by atoms with E-state index in [0.29, 0.717) is 0 Å². The minimum atomic E-state index is -0.0460. The van der Waals surface area contributed by atoms with E-state index in [-0.39, 0.29) is 18.1 Å². The van der Waals surface area contributed by atoms with E-state index in [1.54, 1.807) is 0 Å². The molecule has 2 aromatic rings. The van der Waals surface area contributed by atoms with E-state index >= 15 is 0 Å². The van der Waals surface area contributed by atoms with Gasteiger partial charge in [0.15, 0.2) is 0 Å². The largest absolute Gasteiger partial charge is 0.335 e. The maximum absolute atomic E-state index is 12.9. The summed E-state index contributed by atoms with van der Waals surface area (Å²) in [4.78, 5) is 20.3. The van der Waals surface area contributed by atoms with Crippen molar-refractivity contribution < 1.29 is 4.79 Å². The Morgan fingerprint density at radius 1 is 0.909 bits per heavy atom. The second-order valence-corrected chi connectivity index (χ2v) is 9.66. The molecule has 1 atom stereocenters. The van der Waals surface area contributed by atoms with Crippen LogP contribution in [0.2, 0.25) is 0 Å². The van der Waals surface area contributed by atoms with E-state index in [1.807, 2.05) is 6.07 Å². The molecule has 2 saturated heterocycles. The lowest BCUT2D eigenvalue weighted by Crippen LogP contribution is -2.51. The standard InChI is InChI=1S/C27H39N5O/c1-22-8-6-7-11-24(22)20-31-14-12-25(13-15-31)28-27(33)29-26(23-9-4-3-5-10-23)21-32-18-16-30(2)17-19-32/h3-11,25-26H,12-21H2,1-2H3,(H2,28,29,33). The van der Waals surface area contributed by atoms with Gasteiger partial charge in [-0.05, 0) is 43.5 Å². The lowest BCUT2D eigenvalue weighted by molar-refractivity contribution is 0.141. The number of likely N-dealkylation sites (N-methyl/N-ethyl adjacent to an activating group) is 1. The predicted molar refractivity (Wildman–Crippen MR) is 134 cm³/mol. The van der Waals surface area contributed by atoms with Crippen molar-refractivity contribution in [2.75, 3.05) is 52.9 Å². The number of carbonyl (C=O) groups excluding carboxylic acids is 1. The Labute approximate surface area is 198 Å². The highest BCUT2D eigenvalue weighted by molar-refractivity contribution is 5.74. The number of likely N-dealkylation sites (tertiary alicyclic amines) is 1. The second-order valence-electron chi connectivity index (χ2n) is 9.66. The number of amides is 2. The number of nitrogens with one attached hydrogen (secondary N) is 2. The third-order valence-corrected chi connectivity index (χ3v) is 7.12. The third kappa shape index (κ3) is 7.03. The van der Waals surface area contributed by atoms with Crippen LogP contribution in [0.25, 0.3) is 0 Å². The SMILES string of the molecule is Cc1ccccc1CN1CCC(NC(=O)NC(CN2CCN(C)CC2)c2ccccc2)CC1. The lowest BCUT2D eigenvalue weighted by Gasteiger charge is -2.35. The Morgan fingerprint density at radius 3 is 2.27 bits per heavy atom. The molecule has 0 aromatic heterocycles. The topological polar surface area (TPSA) is 50.9 Å². The smallest absolute Gasteiger partial charge is 0.315 e. The quantitative estimate of drug-likeness (QED) is 0.681. The molecule has 0 aliphatic carbocycles.